The quantitative estimate of drug-likeness (QED) is 0.843. The van der Waals surface area contributed by atoms with Gasteiger partial charge in [-0.05, 0) is 29.8 Å². The Morgan fingerprint density at radius 3 is 2.48 bits per heavy atom. The van der Waals surface area contributed by atoms with Crippen LogP contribution in [0.1, 0.15) is 18.1 Å². The van der Waals surface area contributed by atoms with E-state index in [1.807, 2.05) is 6.07 Å². The Kier molecular flexibility index (Phi) is 5.64. The van der Waals surface area contributed by atoms with Crippen molar-refractivity contribution in [3.05, 3.63) is 59.7 Å². The molecule has 0 fully saturated rings. The first-order chi connectivity index (χ1) is 10.2. The molecular weight excluding hydrogens is 260 g/mol. The minimum atomic E-state index is 0.865. The molecule has 0 saturated heterocycles. The number of anilines is 1. The molecule has 21 heavy (non-hydrogen) atoms. The Balaban J connectivity index is 2.14. The second-order valence-electron chi connectivity index (χ2n) is 5.13. The van der Waals surface area contributed by atoms with Crippen LogP contribution in [-0.2, 0) is 13.1 Å². The number of nitrogens with one attached hydrogen (secondary N) is 1. The molecule has 2 aromatic rings. The van der Waals surface area contributed by atoms with Gasteiger partial charge in [0.1, 0.15) is 5.75 Å². The van der Waals surface area contributed by atoms with Crippen LogP contribution in [0.2, 0.25) is 0 Å². The number of methoxy groups -OCH3 is 1. The molecule has 0 aliphatic heterocycles. The molecule has 0 bridgehead atoms. The summed E-state index contributed by atoms with van der Waals surface area (Å²) in [4.78, 5) is 2.21. The van der Waals surface area contributed by atoms with Crippen LogP contribution in [0, 0.1) is 0 Å². The van der Waals surface area contributed by atoms with Crippen molar-refractivity contribution in [1.29, 1.82) is 0 Å². The molecule has 0 atom stereocenters. The van der Waals surface area contributed by atoms with Crippen LogP contribution in [0.5, 0.6) is 5.75 Å². The van der Waals surface area contributed by atoms with Gasteiger partial charge in [0.2, 0.25) is 0 Å². The fourth-order valence-electron chi connectivity index (χ4n) is 2.36. The van der Waals surface area contributed by atoms with Gasteiger partial charge in [0, 0.05) is 20.1 Å². The largest absolute Gasteiger partial charge is 0.495 e. The molecule has 1 N–H and O–H groups in total. The van der Waals surface area contributed by atoms with E-state index in [9.17, 15) is 0 Å². The zero-order chi connectivity index (χ0) is 15.1. The van der Waals surface area contributed by atoms with Crippen molar-refractivity contribution in [1.82, 2.24) is 5.32 Å². The molecule has 2 rings (SSSR count). The molecule has 0 spiro atoms. The van der Waals surface area contributed by atoms with Gasteiger partial charge >= 0.3 is 0 Å². The summed E-state index contributed by atoms with van der Waals surface area (Å²) in [7, 11) is 3.82. The van der Waals surface area contributed by atoms with Gasteiger partial charge in [0.15, 0.2) is 0 Å². The predicted molar refractivity (Wildman–Crippen MR) is 88.9 cm³/mol. The summed E-state index contributed by atoms with van der Waals surface area (Å²) in [6.07, 6.45) is 0. The van der Waals surface area contributed by atoms with E-state index in [4.69, 9.17) is 4.74 Å². The van der Waals surface area contributed by atoms with Crippen LogP contribution < -0.4 is 15.0 Å². The van der Waals surface area contributed by atoms with Gasteiger partial charge in [0.05, 0.1) is 12.8 Å². The van der Waals surface area contributed by atoms with E-state index in [1.165, 1.54) is 11.1 Å². The van der Waals surface area contributed by atoms with E-state index in [0.29, 0.717) is 0 Å². The lowest BCUT2D eigenvalue weighted by molar-refractivity contribution is 0.414. The smallest absolute Gasteiger partial charge is 0.142 e. The number of nitrogens with zero attached hydrogens (tertiary/aromatic N) is 1. The number of rotatable bonds is 7. The van der Waals surface area contributed by atoms with Crippen molar-refractivity contribution in [3.63, 3.8) is 0 Å². The van der Waals surface area contributed by atoms with Gasteiger partial charge in [-0.1, -0.05) is 43.3 Å². The highest BCUT2D eigenvalue weighted by molar-refractivity contribution is 5.59. The van der Waals surface area contributed by atoms with Crippen LogP contribution in [-0.4, -0.2) is 20.7 Å². The molecule has 0 aliphatic rings. The van der Waals surface area contributed by atoms with Crippen molar-refractivity contribution >= 4 is 5.69 Å². The highest BCUT2D eigenvalue weighted by Gasteiger charge is 2.09. The zero-order valence-corrected chi connectivity index (χ0v) is 13.1. The average Bonchev–Trinajstić information content (AvgIpc) is 2.53. The van der Waals surface area contributed by atoms with E-state index >= 15 is 0 Å². The lowest BCUT2D eigenvalue weighted by Crippen LogP contribution is -2.17. The van der Waals surface area contributed by atoms with E-state index in [-0.39, 0.29) is 0 Å². The van der Waals surface area contributed by atoms with Crippen LogP contribution >= 0.6 is 0 Å². The zero-order valence-electron chi connectivity index (χ0n) is 13.1. The molecule has 0 radical (unpaired) electrons. The van der Waals surface area contributed by atoms with Crippen LogP contribution in [0.3, 0.4) is 0 Å². The van der Waals surface area contributed by atoms with Crippen LogP contribution in [0.4, 0.5) is 5.69 Å². The van der Waals surface area contributed by atoms with Crippen molar-refractivity contribution < 1.29 is 4.74 Å². The molecule has 0 aromatic heterocycles. The van der Waals surface area contributed by atoms with E-state index in [2.05, 4.69) is 66.7 Å². The fourth-order valence-corrected chi connectivity index (χ4v) is 2.36. The van der Waals surface area contributed by atoms with Crippen molar-refractivity contribution in [2.45, 2.75) is 20.0 Å². The normalized spacial score (nSPS) is 10.4. The number of hydrogen-bond acceptors (Lipinski definition) is 3. The maximum atomic E-state index is 5.56. The molecule has 2 aromatic carbocycles. The maximum absolute atomic E-state index is 5.56. The molecule has 0 aliphatic carbocycles. The SMILES string of the molecule is CCNCc1ccc(N(C)Cc2ccccc2)c(OC)c1. The molecular formula is C18H24N2O. The maximum Gasteiger partial charge on any atom is 0.142 e. The van der Waals surface area contributed by atoms with Crippen molar-refractivity contribution in [3.8, 4) is 5.75 Å². The number of benzene rings is 2. The highest BCUT2D eigenvalue weighted by Crippen LogP contribution is 2.29. The molecule has 0 unspecified atom stereocenters. The summed E-state index contributed by atoms with van der Waals surface area (Å²) in [5.41, 5.74) is 3.64. The molecule has 0 saturated carbocycles. The number of ether oxygens (including phenoxy) is 1. The van der Waals surface area contributed by atoms with Gasteiger partial charge < -0.3 is 15.0 Å². The Morgan fingerprint density at radius 1 is 1.05 bits per heavy atom. The van der Waals surface area contributed by atoms with Crippen molar-refractivity contribution in [2.75, 3.05) is 25.6 Å². The topological polar surface area (TPSA) is 24.5 Å². The van der Waals surface area contributed by atoms with E-state index in [0.717, 1.165) is 31.1 Å². The average molecular weight is 284 g/mol. The monoisotopic (exact) mass is 284 g/mol. The summed E-state index contributed by atoms with van der Waals surface area (Å²) in [5, 5.41) is 3.34. The lowest BCUT2D eigenvalue weighted by Gasteiger charge is -2.22. The summed E-state index contributed by atoms with van der Waals surface area (Å²) >= 11 is 0. The third kappa shape index (κ3) is 4.23. The molecule has 3 heteroatoms. The Morgan fingerprint density at radius 2 is 1.81 bits per heavy atom. The molecule has 0 amide bonds. The molecule has 0 heterocycles. The third-order valence-corrected chi connectivity index (χ3v) is 3.50. The Hall–Kier alpha value is -2.00. The van der Waals surface area contributed by atoms with Gasteiger partial charge in [-0.25, -0.2) is 0 Å². The Labute approximate surface area is 127 Å². The van der Waals surface area contributed by atoms with Gasteiger partial charge in [-0.15, -0.1) is 0 Å². The van der Waals surface area contributed by atoms with Gasteiger partial charge in [-0.2, -0.15) is 0 Å². The van der Waals surface area contributed by atoms with Crippen LogP contribution in [0.15, 0.2) is 48.5 Å². The van der Waals surface area contributed by atoms with Crippen molar-refractivity contribution in [2.24, 2.45) is 0 Å². The van der Waals surface area contributed by atoms with E-state index < -0.39 is 0 Å². The molecule has 3 nitrogen and oxygen atoms in total. The second-order valence-corrected chi connectivity index (χ2v) is 5.13. The first kappa shape index (κ1) is 15.4. The second kappa shape index (κ2) is 7.70. The standard InChI is InChI=1S/C18H24N2O/c1-4-19-13-16-10-11-17(18(12-16)21-3)20(2)14-15-8-6-5-7-9-15/h5-12,19H,4,13-14H2,1-3H3. The Bertz CT molecular complexity index is 554. The molecule has 112 valence electrons. The predicted octanol–water partition coefficient (Wildman–Crippen LogP) is 3.44. The minimum absolute atomic E-state index is 0.865. The van der Waals surface area contributed by atoms with Gasteiger partial charge in [-0.3, -0.25) is 0 Å². The first-order valence-corrected chi connectivity index (χ1v) is 7.37. The van der Waals surface area contributed by atoms with Crippen LogP contribution in [0.25, 0.3) is 0 Å². The summed E-state index contributed by atoms with van der Waals surface area (Å²) in [5.74, 6) is 0.920. The summed E-state index contributed by atoms with van der Waals surface area (Å²) in [6.45, 7) is 4.82. The summed E-state index contributed by atoms with van der Waals surface area (Å²) in [6, 6.07) is 16.9. The fraction of sp³-hybridized carbons (Fsp3) is 0.333. The first-order valence-electron chi connectivity index (χ1n) is 7.37. The number of hydrogen-bond donors (Lipinski definition) is 1. The van der Waals surface area contributed by atoms with E-state index in [1.54, 1.807) is 7.11 Å². The summed E-state index contributed by atoms with van der Waals surface area (Å²) < 4.78 is 5.56. The van der Waals surface area contributed by atoms with Gasteiger partial charge in [0.25, 0.3) is 0 Å². The third-order valence-electron chi connectivity index (χ3n) is 3.50. The lowest BCUT2D eigenvalue weighted by atomic mass is 10.1. The minimum Gasteiger partial charge on any atom is -0.495 e. The highest BCUT2D eigenvalue weighted by atomic mass is 16.5.